The highest BCUT2D eigenvalue weighted by Crippen LogP contribution is 2.17. The quantitative estimate of drug-likeness (QED) is 0.777. The van der Waals surface area contributed by atoms with E-state index >= 15 is 0 Å². The Balaban J connectivity index is 2.20. The zero-order valence-electron chi connectivity index (χ0n) is 11.6. The summed E-state index contributed by atoms with van der Waals surface area (Å²) in [7, 11) is 1.63. The fourth-order valence-corrected chi connectivity index (χ4v) is 2.19. The van der Waals surface area contributed by atoms with Gasteiger partial charge in [0, 0.05) is 12.0 Å². The predicted octanol–water partition coefficient (Wildman–Crippen LogP) is 3.74. The minimum Gasteiger partial charge on any atom is -0.497 e. The molecule has 0 spiro atoms. The first-order chi connectivity index (χ1) is 9.10. The van der Waals surface area contributed by atoms with E-state index in [0.717, 1.165) is 22.4 Å². The summed E-state index contributed by atoms with van der Waals surface area (Å²) in [6.45, 7) is 4.01. The summed E-state index contributed by atoms with van der Waals surface area (Å²) in [5.41, 5.74) is 3.99. The molecule has 2 heteroatoms. The van der Waals surface area contributed by atoms with E-state index in [2.05, 4.69) is 0 Å². The van der Waals surface area contributed by atoms with Gasteiger partial charge in [0.15, 0.2) is 5.78 Å². The Morgan fingerprint density at radius 3 is 2.58 bits per heavy atom. The number of methoxy groups -OCH3 is 1. The number of Topliss-reactive ketones (excluding diaryl/α,β-unsaturated/α-hetero) is 1. The molecule has 2 nitrogen and oxygen atoms in total. The summed E-state index contributed by atoms with van der Waals surface area (Å²) in [5, 5.41) is 0. The number of aryl methyl sites for hydroxylation is 2. The number of hydrogen-bond acceptors (Lipinski definition) is 2. The van der Waals surface area contributed by atoms with E-state index < -0.39 is 0 Å². The van der Waals surface area contributed by atoms with Gasteiger partial charge in [-0.2, -0.15) is 0 Å². The molecule has 0 aliphatic heterocycles. The Bertz CT molecular complexity index is 600. The first kappa shape index (κ1) is 13.3. The third-order valence-electron chi connectivity index (χ3n) is 3.18. The Kier molecular flexibility index (Phi) is 4.00. The number of hydrogen-bond donors (Lipinski definition) is 0. The second-order valence-corrected chi connectivity index (χ2v) is 4.77. The number of ether oxygens (including phenoxy) is 1. The monoisotopic (exact) mass is 254 g/mol. The molecule has 0 amide bonds. The lowest BCUT2D eigenvalue weighted by Gasteiger charge is -2.07. The molecule has 0 saturated carbocycles. The highest BCUT2D eigenvalue weighted by molar-refractivity contribution is 5.98. The van der Waals surface area contributed by atoms with E-state index in [1.165, 1.54) is 5.56 Å². The molecule has 0 N–H and O–H groups in total. The molecule has 0 aromatic heterocycles. The van der Waals surface area contributed by atoms with Crippen molar-refractivity contribution < 1.29 is 9.53 Å². The second-order valence-electron chi connectivity index (χ2n) is 4.77. The lowest BCUT2D eigenvalue weighted by atomic mass is 9.98. The van der Waals surface area contributed by atoms with Crippen molar-refractivity contribution >= 4 is 5.78 Å². The summed E-state index contributed by atoms with van der Waals surface area (Å²) in [6, 6.07) is 13.6. The van der Waals surface area contributed by atoms with Gasteiger partial charge in [0.05, 0.1) is 7.11 Å². The molecule has 0 bridgehead atoms. The molecule has 2 aromatic rings. The van der Waals surface area contributed by atoms with Crippen LogP contribution < -0.4 is 4.74 Å². The van der Waals surface area contributed by atoms with Crippen molar-refractivity contribution in [3.63, 3.8) is 0 Å². The van der Waals surface area contributed by atoms with Gasteiger partial charge in [-0.05, 0) is 37.1 Å². The average molecular weight is 254 g/mol. The zero-order chi connectivity index (χ0) is 13.8. The topological polar surface area (TPSA) is 26.3 Å². The van der Waals surface area contributed by atoms with Gasteiger partial charge in [-0.15, -0.1) is 0 Å². The van der Waals surface area contributed by atoms with E-state index in [1.54, 1.807) is 7.11 Å². The molecule has 19 heavy (non-hydrogen) atoms. The van der Waals surface area contributed by atoms with Crippen molar-refractivity contribution in [1.29, 1.82) is 0 Å². The van der Waals surface area contributed by atoms with Crippen LogP contribution in [0.3, 0.4) is 0 Å². The number of carbonyl (C=O) groups excluding carboxylic acids is 1. The smallest absolute Gasteiger partial charge is 0.167 e. The van der Waals surface area contributed by atoms with Crippen LogP contribution in [0.1, 0.15) is 27.0 Å². The minimum atomic E-state index is 0.144. The molecule has 0 aliphatic carbocycles. The standard InChI is InChI=1S/C17H18O2/c1-12-7-8-16(13(2)9-12)17(18)11-14-5-4-6-15(10-14)19-3/h4-10H,11H2,1-3H3. The Labute approximate surface area is 114 Å². The van der Waals surface area contributed by atoms with Crippen molar-refractivity contribution in [2.75, 3.05) is 7.11 Å². The van der Waals surface area contributed by atoms with E-state index in [1.807, 2.05) is 56.3 Å². The Morgan fingerprint density at radius 2 is 1.89 bits per heavy atom. The molecule has 0 heterocycles. The van der Waals surface area contributed by atoms with Crippen LogP contribution in [0.25, 0.3) is 0 Å². The van der Waals surface area contributed by atoms with Gasteiger partial charge < -0.3 is 4.74 Å². The molecule has 0 aliphatic rings. The highest BCUT2D eigenvalue weighted by Gasteiger charge is 2.10. The molecule has 2 aromatic carbocycles. The third kappa shape index (κ3) is 3.22. The van der Waals surface area contributed by atoms with Crippen molar-refractivity contribution in [3.05, 3.63) is 64.7 Å². The number of benzene rings is 2. The zero-order valence-corrected chi connectivity index (χ0v) is 11.6. The van der Waals surface area contributed by atoms with Crippen molar-refractivity contribution in [1.82, 2.24) is 0 Å². The van der Waals surface area contributed by atoms with Crippen LogP contribution in [0.15, 0.2) is 42.5 Å². The first-order valence-corrected chi connectivity index (χ1v) is 6.33. The molecular formula is C17H18O2. The van der Waals surface area contributed by atoms with Gasteiger partial charge in [0.2, 0.25) is 0 Å². The Morgan fingerprint density at radius 1 is 1.11 bits per heavy atom. The largest absolute Gasteiger partial charge is 0.497 e. The van der Waals surface area contributed by atoms with Gasteiger partial charge in [-0.3, -0.25) is 4.79 Å². The van der Waals surface area contributed by atoms with Crippen LogP contribution in [-0.4, -0.2) is 12.9 Å². The molecular weight excluding hydrogens is 236 g/mol. The van der Waals surface area contributed by atoms with Crippen LogP contribution in [0, 0.1) is 13.8 Å². The summed E-state index contributed by atoms with van der Waals surface area (Å²) in [6.07, 6.45) is 0.404. The SMILES string of the molecule is COc1cccc(CC(=O)c2ccc(C)cc2C)c1. The highest BCUT2D eigenvalue weighted by atomic mass is 16.5. The second kappa shape index (κ2) is 5.70. The Hall–Kier alpha value is -2.09. The molecule has 98 valence electrons. The molecule has 0 unspecified atom stereocenters. The van der Waals surface area contributed by atoms with Crippen molar-refractivity contribution in [2.45, 2.75) is 20.3 Å². The fraction of sp³-hybridized carbons (Fsp3) is 0.235. The predicted molar refractivity (Wildman–Crippen MR) is 76.9 cm³/mol. The van der Waals surface area contributed by atoms with E-state index in [9.17, 15) is 4.79 Å². The first-order valence-electron chi connectivity index (χ1n) is 6.33. The normalized spacial score (nSPS) is 10.3. The van der Waals surface area contributed by atoms with Crippen molar-refractivity contribution in [3.8, 4) is 5.75 Å². The van der Waals surface area contributed by atoms with Gasteiger partial charge >= 0.3 is 0 Å². The lowest BCUT2D eigenvalue weighted by molar-refractivity contribution is 0.0992. The van der Waals surface area contributed by atoms with Gasteiger partial charge in [-0.25, -0.2) is 0 Å². The summed E-state index contributed by atoms with van der Waals surface area (Å²) in [5.74, 6) is 0.927. The maximum absolute atomic E-state index is 12.3. The molecule has 2 rings (SSSR count). The summed E-state index contributed by atoms with van der Waals surface area (Å²) in [4.78, 5) is 12.3. The van der Waals surface area contributed by atoms with Gasteiger partial charge in [0.1, 0.15) is 5.75 Å². The third-order valence-corrected chi connectivity index (χ3v) is 3.18. The maximum Gasteiger partial charge on any atom is 0.167 e. The van der Waals surface area contributed by atoms with Crippen LogP contribution >= 0.6 is 0 Å². The fourth-order valence-electron chi connectivity index (χ4n) is 2.19. The van der Waals surface area contributed by atoms with Gasteiger partial charge in [-0.1, -0.05) is 35.9 Å². The van der Waals surface area contributed by atoms with E-state index in [0.29, 0.717) is 6.42 Å². The van der Waals surface area contributed by atoms with Crippen LogP contribution in [0.4, 0.5) is 0 Å². The van der Waals surface area contributed by atoms with E-state index in [4.69, 9.17) is 4.74 Å². The van der Waals surface area contributed by atoms with Gasteiger partial charge in [0.25, 0.3) is 0 Å². The lowest BCUT2D eigenvalue weighted by Crippen LogP contribution is -2.06. The summed E-state index contributed by atoms with van der Waals surface area (Å²) < 4.78 is 5.17. The summed E-state index contributed by atoms with van der Waals surface area (Å²) >= 11 is 0. The number of rotatable bonds is 4. The van der Waals surface area contributed by atoms with E-state index in [-0.39, 0.29) is 5.78 Å². The van der Waals surface area contributed by atoms with Crippen LogP contribution in [0.2, 0.25) is 0 Å². The van der Waals surface area contributed by atoms with Crippen LogP contribution in [0.5, 0.6) is 5.75 Å². The number of ketones is 1. The maximum atomic E-state index is 12.3. The number of carbonyl (C=O) groups is 1. The van der Waals surface area contributed by atoms with Crippen LogP contribution in [-0.2, 0) is 6.42 Å². The minimum absolute atomic E-state index is 0.144. The molecule has 0 saturated heterocycles. The van der Waals surface area contributed by atoms with Crippen molar-refractivity contribution in [2.24, 2.45) is 0 Å². The average Bonchev–Trinajstić information content (AvgIpc) is 2.38. The molecule has 0 fully saturated rings. The molecule has 0 radical (unpaired) electrons. The molecule has 0 atom stereocenters.